The minimum absolute atomic E-state index is 0.568. The molecule has 1 aromatic heterocycles. The van der Waals surface area contributed by atoms with Gasteiger partial charge in [0.25, 0.3) is 5.95 Å². The molecule has 0 radical (unpaired) electrons. The van der Waals surface area contributed by atoms with Crippen LogP contribution in [0.25, 0.3) is 0 Å². The summed E-state index contributed by atoms with van der Waals surface area (Å²) in [6.45, 7) is 2.82. The van der Waals surface area contributed by atoms with Gasteiger partial charge in [-0.1, -0.05) is 40.2 Å². The molecular weight excluding hydrogens is 354 g/mol. The zero-order chi connectivity index (χ0) is 16.1. The van der Waals surface area contributed by atoms with Crippen LogP contribution in [0.4, 0.5) is 23.1 Å². The highest BCUT2D eigenvalue weighted by Gasteiger charge is 2.11. The van der Waals surface area contributed by atoms with Crippen molar-refractivity contribution in [2.24, 2.45) is 0 Å². The number of nitrogens with one attached hydrogen (secondary N) is 1. The number of hydrogen-bond acceptors (Lipinski definition) is 5. The van der Waals surface area contributed by atoms with Gasteiger partial charge in [0.15, 0.2) is 5.82 Å². The minimum atomic E-state index is 0.568. The van der Waals surface area contributed by atoms with Crippen molar-refractivity contribution < 1.29 is 0 Å². The number of para-hydroxylation sites is 1. The lowest BCUT2D eigenvalue weighted by molar-refractivity contribution is 0.887. The van der Waals surface area contributed by atoms with Gasteiger partial charge in [0.2, 0.25) is 0 Å². The third kappa shape index (κ3) is 3.84. The van der Waals surface area contributed by atoms with Crippen LogP contribution in [0.2, 0.25) is 0 Å². The van der Waals surface area contributed by atoms with Crippen molar-refractivity contribution in [1.29, 1.82) is 0 Å². The molecule has 0 fully saturated rings. The Labute approximate surface area is 143 Å². The summed E-state index contributed by atoms with van der Waals surface area (Å²) in [5, 5.41) is 11.5. The summed E-state index contributed by atoms with van der Waals surface area (Å²) in [7, 11) is 0. The first-order chi connectivity index (χ1) is 11.3. The van der Waals surface area contributed by atoms with E-state index in [-0.39, 0.29) is 0 Å². The lowest BCUT2D eigenvalue weighted by Crippen LogP contribution is -2.19. The molecule has 0 unspecified atom stereocenters. The van der Waals surface area contributed by atoms with E-state index < -0.39 is 0 Å². The van der Waals surface area contributed by atoms with Crippen molar-refractivity contribution in [2.45, 2.75) is 6.92 Å². The molecule has 0 aliphatic rings. The van der Waals surface area contributed by atoms with Crippen molar-refractivity contribution in [2.75, 3.05) is 16.8 Å². The summed E-state index contributed by atoms with van der Waals surface area (Å²) in [5.41, 5.74) is 1.98. The predicted octanol–water partition coefficient (Wildman–Crippen LogP) is 4.54. The number of hydrogen-bond donors (Lipinski definition) is 1. The number of aromatic nitrogens is 3. The molecule has 0 spiro atoms. The standard InChI is InChI=1S/C17H16BrN5/c1-2-23(15-9-4-3-5-10-15)17-21-16(12-19-22-17)20-14-8-6-7-13(18)11-14/h3-12H,2H2,1H3,(H,20,21,22). The van der Waals surface area contributed by atoms with E-state index in [0.29, 0.717) is 11.8 Å². The minimum Gasteiger partial charge on any atom is -0.339 e. The highest BCUT2D eigenvalue weighted by molar-refractivity contribution is 9.10. The second kappa shape index (κ2) is 7.19. The van der Waals surface area contributed by atoms with E-state index in [4.69, 9.17) is 0 Å². The summed E-state index contributed by atoms with van der Waals surface area (Å²) in [6, 6.07) is 17.9. The van der Waals surface area contributed by atoms with Crippen LogP contribution in [0.15, 0.2) is 65.3 Å². The van der Waals surface area contributed by atoms with Gasteiger partial charge in [0.05, 0.1) is 6.20 Å². The summed E-state index contributed by atoms with van der Waals surface area (Å²) in [6.07, 6.45) is 1.61. The molecule has 0 saturated carbocycles. The summed E-state index contributed by atoms with van der Waals surface area (Å²) < 4.78 is 1.00. The van der Waals surface area contributed by atoms with E-state index in [9.17, 15) is 0 Å². The molecule has 0 atom stereocenters. The lowest BCUT2D eigenvalue weighted by Gasteiger charge is -2.20. The van der Waals surface area contributed by atoms with Gasteiger partial charge in [-0.05, 0) is 37.3 Å². The normalized spacial score (nSPS) is 10.3. The molecule has 5 nitrogen and oxygen atoms in total. The van der Waals surface area contributed by atoms with Crippen LogP contribution in [0, 0.1) is 0 Å². The maximum absolute atomic E-state index is 4.57. The van der Waals surface area contributed by atoms with Crippen LogP contribution < -0.4 is 10.2 Å². The molecule has 0 aliphatic carbocycles. The molecule has 1 N–H and O–H groups in total. The average molecular weight is 370 g/mol. The van der Waals surface area contributed by atoms with Crippen LogP contribution in [0.3, 0.4) is 0 Å². The van der Waals surface area contributed by atoms with E-state index in [2.05, 4.69) is 43.4 Å². The van der Waals surface area contributed by atoms with E-state index in [0.717, 1.165) is 22.4 Å². The first-order valence-electron chi connectivity index (χ1n) is 7.31. The maximum Gasteiger partial charge on any atom is 0.251 e. The molecule has 0 amide bonds. The number of rotatable bonds is 5. The maximum atomic E-state index is 4.57. The third-order valence-corrected chi connectivity index (χ3v) is 3.76. The van der Waals surface area contributed by atoms with Gasteiger partial charge in [-0.25, -0.2) is 0 Å². The first kappa shape index (κ1) is 15.4. The Morgan fingerprint density at radius 2 is 1.91 bits per heavy atom. The predicted molar refractivity (Wildman–Crippen MR) is 96.4 cm³/mol. The van der Waals surface area contributed by atoms with Crippen LogP contribution in [0.5, 0.6) is 0 Å². The lowest BCUT2D eigenvalue weighted by atomic mass is 10.3. The molecule has 0 saturated heterocycles. The highest BCUT2D eigenvalue weighted by atomic mass is 79.9. The van der Waals surface area contributed by atoms with E-state index in [1.165, 1.54) is 0 Å². The van der Waals surface area contributed by atoms with Gasteiger partial charge in [-0.15, -0.1) is 5.10 Å². The largest absolute Gasteiger partial charge is 0.339 e. The second-order valence-electron chi connectivity index (χ2n) is 4.86. The first-order valence-corrected chi connectivity index (χ1v) is 8.10. The number of benzene rings is 2. The average Bonchev–Trinajstić information content (AvgIpc) is 2.57. The molecule has 0 bridgehead atoms. The van der Waals surface area contributed by atoms with Gasteiger partial charge in [-0.3, -0.25) is 0 Å². The second-order valence-corrected chi connectivity index (χ2v) is 5.77. The number of nitrogens with zero attached hydrogens (tertiary/aromatic N) is 4. The van der Waals surface area contributed by atoms with Gasteiger partial charge >= 0.3 is 0 Å². The van der Waals surface area contributed by atoms with Gasteiger partial charge in [-0.2, -0.15) is 10.1 Å². The number of anilines is 4. The Kier molecular flexibility index (Phi) is 4.83. The molecule has 0 aliphatic heterocycles. The Hall–Kier alpha value is -2.47. The fraction of sp³-hybridized carbons (Fsp3) is 0.118. The van der Waals surface area contributed by atoms with Crippen molar-refractivity contribution in [3.63, 3.8) is 0 Å². The molecule has 3 rings (SSSR count). The molecule has 1 heterocycles. The molecule has 23 heavy (non-hydrogen) atoms. The van der Waals surface area contributed by atoms with Gasteiger partial charge < -0.3 is 10.2 Å². The van der Waals surface area contributed by atoms with Crippen LogP contribution >= 0.6 is 15.9 Å². The molecule has 6 heteroatoms. The summed E-state index contributed by atoms with van der Waals surface area (Å²) in [5.74, 6) is 1.22. The molecule has 2 aromatic carbocycles. The Morgan fingerprint density at radius 3 is 2.65 bits per heavy atom. The zero-order valence-corrected chi connectivity index (χ0v) is 14.2. The highest BCUT2D eigenvalue weighted by Crippen LogP contribution is 2.23. The van der Waals surface area contributed by atoms with Crippen LogP contribution in [-0.2, 0) is 0 Å². The van der Waals surface area contributed by atoms with Crippen LogP contribution in [-0.4, -0.2) is 21.7 Å². The molecule has 116 valence electrons. The number of halogens is 1. The van der Waals surface area contributed by atoms with Crippen molar-refractivity contribution >= 4 is 39.1 Å². The SMILES string of the molecule is CCN(c1ccccc1)c1nncc(Nc2cccc(Br)c2)n1. The summed E-state index contributed by atoms with van der Waals surface area (Å²) >= 11 is 3.46. The Bertz CT molecular complexity index is 779. The van der Waals surface area contributed by atoms with E-state index in [1.54, 1.807) is 6.20 Å². The topological polar surface area (TPSA) is 53.9 Å². The quantitative estimate of drug-likeness (QED) is 0.715. The smallest absolute Gasteiger partial charge is 0.251 e. The van der Waals surface area contributed by atoms with Gasteiger partial charge in [0, 0.05) is 22.4 Å². The van der Waals surface area contributed by atoms with Gasteiger partial charge in [0.1, 0.15) is 0 Å². The monoisotopic (exact) mass is 369 g/mol. The van der Waals surface area contributed by atoms with Crippen molar-refractivity contribution in [1.82, 2.24) is 15.2 Å². The Balaban J connectivity index is 1.87. The third-order valence-electron chi connectivity index (χ3n) is 3.27. The van der Waals surface area contributed by atoms with Crippen molar-refractivity contribution in [3.8, 4) is 0 Å². The fourth-order valence-corrected chi connectivity index (χ4v) is 2.63. The fourth-order valence-electron chi connectivity index (χ4n) is 2.23. The van der Waals surface area contributed by atoms with E-state index in [1.807, 2.05) is 59.5 Å². The van der Waals surface area contributed by atoms with Crippen LogP contribution in [0.1, 0.15) is 6.92 Å². The van der Waals surface area contributed by atoms with Crippen molar-refractivity contribution in [3.05, 3.63) is 65.3 Å². The Morgan fingerprint density at radius 1 is 1.09 bits per heavy atom. The van der Waals surface area contributed by atoms with E-state index >= 15 is 0 Å². The molecule has 3 aromatic rings. The zero-order valence-electron chi connectivity index (χ0n) is 12.6. The molecular formula is C17H16BrN5. The summed E-state index contributed by atoms with van der Waals surface area (Å²) in [4.78, 5) is 6.58.